The molecule has 0 aliphatic heterocycles. The Balaban J connectivity index is 4.52. The Morgan fingerprint density at radius 3 is 2.44 bits per heavy atom. The smallest absolute Gasteiger partial charge is 0.312 e. The van der Waals surface area contributed by atoms with E-state index in [1.807, 2.05) is 20.8 Å². The van der Waals surface area contributed by atoms with Crippen molar-refractivity contribution < 1.29 is 9.59 Å². The van der Waals surface area contributed by atoms with Gasteiger partial charge in [-0.15, -0.1) is 0 Å². The van der Waals surface area contributed by atoms with Crippen molar-refractivity contribution in [3.63, 3.8) is 0 Å². The summed E-state index contributed by atoms with van der Waals surface area (Å²) in [5, 5.41) is 2.42. The first-order valence-corrected chi connectivity index (χ1v) is 6.71. The van der Waals surface area contributed by atoms with E-state index in [2.05, 4.69) is 17.5 Å². The van der Waals surface area contributed by atoms with Crippen LogP contribution in [0.15, 0.2) is 0 Å². The topological polar surface area (TPSA) is 75.4 Å². The summed E-state index contributed by atoms with van der Waals surface area (Å²) in [6, 6.07) is 0.0552. The minimum atomic E-state index is -0.640. The van der Waals surface area contributed by atoms with E-state index in [1.165, 1.54) is 0 Å². The molecule has 0 rings (SSSR count). The van der Waals surface area contributed by atoms with Gasteiger partial charge in [-0.3, -0.25) is 9.59 Å². The van der Waals surface area contributed by atoms with Gasteiger partial charge in [-0.05, 0) is 19.8 Å². The SMILES string of the molecule is CCCCN(C(=O)C(=O)NCC(N)=S)C(C)CC. The summed E-state index contributed by atoms with van der Waals surface area (Å²) in [5.41, 5.74) is 5.27. The van der Waals surface area contributed by atoms with Crippen molar-refractivity contribution in [1.82, 2.24) is 10.2 Å². The zero-order valence-corrected chi connectivity index (χ0v) is 12.2. The second-order valence-corrected chi connectivity index (χ2v) is 4.78. The summed E-state index contributed by atoms with van der Waals surface area (Å²) in [5.74, 6) is -1.15. The molecule has 0 aromatic heterocycles. The standard InChI is InChI=1S/C12H23N3O2S/c1-4-6-7-15(9(3)5-2)12(17)11(16)14-8-10(13)18/h9H,4-8H2,1-3H3,(H2,13,18)(H,14,16). The molecule has 18 heavy (non-hydrogen) atoms. The minimum absolute atomic E-state index is 0.0552. The van der Waals surface area contributed by atoms with E-state index in [0.29, 0.717) is 6.54 Å². The molecule has 5 nitrogen and oxygen atoms in total. The molecule has 0 saturated carbocycles. The van der Waals surface area contributed by atoms with E-state index < -0.39 is 11.8 Å². The third kappa shape index (κ3) is 5.95. The molecule has 0 aromatic rings. The highest BCUT2D eigenvalue weighted by Crippen LogP contribution is 2.06. The Labute approximate surface area is 114 Å². The molecule has 2 amide bonds. The first kappa shape index (κ1) is 16.8. The number of thiocarbonyl (C=S) groups is 1. The van der Waals surface area contributed by atoms with E-state index in [1.54, 1.807) is 4.90 Å². The quantitative estimate of drug-likeness (QED) is 0.532. The number of unbranched alkanes of at least 4 members (excludes halogenated alkanes) is 1. The summed E-state index contributed by atoms with van der Waals surface area (Å²) in [6.07, 6.45) is 2.69. The number of rotatable bonds is 7. The Morgan fingerprint density at radius 2 is 2.00 bits per heavy atom. The van der Waals surface area contributed by atoms with Crippen LogP contribution in [0.3, 0.4) is 0 Å². The maximum atomic E-state index is 12.0. The lowest BCUT2D eigenvalue weighted by molar-refractivity contribution is -0.147. The predicted molar refractivity (Wildman–Crippen MR) is 76.2 cm³/mol. The lowest BCUT2D eigenvalue weighted by atomic mass is 10.2. The number of nitrogens with one attached hydrogen (secondary N) is 1. The Hall–Kier alpha value is -1.17. The molecule has 0 aliphatic rings. The van der Waals surface area contributed by atoms with Crippen LogP contribution in [0.5, 0.6) is 0 Å². The van der Waals surface area contributed by atoms with Crippen molar-refractivity contribution in [3.05, 3.63) is 0 Å². The summed E-state index contributed by atoms with van der Waals surface area (Å²) in [4.78, 5) is 25.4. The molecule has 0 radical (unpaired) electrons. The number of hydrogen-bond donors (Lipinski definition) is 2. The zero-order chi connectivity index (χ0) is 14.1. The van der Waals surface area contributed by atoms with Crippen molar-refractivity contribution in [2.24, 2.45) is 5.73 Å². The first-order valence-electron chi connectivity index (χ1n) is 6.31. The molecule has 1 unspecified atom stereocenters. The van der Waals surface area contributed by atoms with Gasteiger partial charge in [-0.25, -0.2) is 0 Å². The molecule has 0 aliphatic carbocycles. The van der Waals surface area contributed by atoms with Crippen molar-refractivity contribution >= 4 is 29.0 Å². The maximum Gasteiger partial charge on any atom is 0.312 e. The minimum Gasteiger partial charge on any atom is -0.392 e. The normalized spacial score (nSPS) is 11.7. The van der Waals surface area contributed by atoms with Crippen LogP contribution in [0.4, 0.5) is 0 Å². The fourth-order valence-electron chi connectivity index (χ4n) is 1.44. The van der Waals surface area contributed by atoms with Crippen LogP contribution < -0.4 is 11.1 Å². The van der Waals surface area contributed by atoms with E-state index >= 15 is 0 Å². The Morgan fingerprint density at radius 1 is 1.39 bits per heavy atom. The third-order valence-electron chi connectivity index (χ3n) is 2.75. The average Bonchev–Trinajstić information content (AvgIpc) is 2.35. The number of carbonyl (C=O) groups is 2. The Kier molecular flexibility index (Phi) is 8.28. The fourth-order valence-corrected chi connectivity index (χ4v) is 1.52. The highest BCUT2D eigenvalue weighted by atomic mass is 32.1. The van der Waals surface area contributed by atoms with Crippen molar-refractivity contribution in [2.45, 2.75) is 46.1 Å². The van der Waals surface area contributed by atoms with Gasteiger partial charge in [0.05, 0.1) is 11.5 Å². The van der Waals surface area contributed by atoms with Gasteiger partial charge in [0.2, 0.25) is 0 Å². The highest BCUT2D eigenvalue weighted by molar-refractivity contribution is 7.80. The summed E-state index contributed by atoms with van der Waals surface area (Å²) < 4.78 is 0. The van der Waals surface area contributed by atoms with Crippen LogP contribution in [0.1, 0.15) is 40.0 Å². The van der Waals surface area contributed by atoms with Gasteiger partial charge in [0.15, 0.2) is 0 Å². The van der Waals surface area contributed by atoms with E-state index in [-0.39, 0.29) is 17.6 Å². The van der Waals surface area contributed by atoms with Crippen LogP contribution in [0.2, 0.25) is 0 Å². The number of amides is 2. The van der Waals surface area contributed by atoms with Gasteiger partial charge in [0.1, 0.15) is 0 Å². The molecule has 0 fully saturated rings. The molecule has 0 saturated heterocycles. The lowest BCUT2D eigenvalue weighted by Gasteiger charge is -2.27. The van der Waals surface area contributed by atoms with E-state index in [0.717, 1.165) is 19.3 Å². The van der Waals surface area contributed by atoms with Gasteiger partial charge in [-0.2, -0.15) is 0 Å². The van der Waals surface area contributed by atoms with Gasteiger partial charge < -0.3 is 16.0 Å². The molecule has 0 bridgehead atoms. The monoisotopic (exact) mass is 273 g/mol. The first-order chi connectivity index (χ1) is 8.43. The molecule has 3 N–H and O–H groups in total. The van der Waals surface area contributed by atoms with Gasteiger partial charge >= 0.3 is 11.8 Å². The van der Waals surface area contributed by atoms with Crippen LogP contribution >= 0.6 is 12.2 Å². The summed E-state index contributed by atoms with van der Waals surface area (Å²) in [7, 11) is 0. The highest BCUT2D eigenvalue weighted by Gasteiger charge is 2.24. The predicted octanol–water partition coefficient (Wildman–Crippen LogP) is 0.816. The second kappa shape index (κ2) is 8.85. The van der Waals surface area contributed by atoms with Crippen molar-refractivity contribution in [2.75, 3.05) is 13.1 Å². The number of carbonyl (C=O) groups excluding carboxylic acids is 2. The average molecular weight is 273 g/mol. The molecule has 104 valence electrons. The molecule has 0 spiro atoms. The van der Waals surface area contributed by atoms with Crippen molar-refractivity contribution in [3.8, 4) is 0 Å². The molecule has 6 heteroatoms. The molecular formula is C12H23N3O2S. The number of nitrogens with two attached hydrogens (primary N) is 1. The van der Waals surface area contributed by atoms with Crippen LogP contribution in [0, 0.1) is 0 Å². The van der Waals surface area contributed by atoms with Crippen molar-refractivity contribution in [1.29, 1.82) is 0 Å². The lowest BCUT2D eigenvalue weighted by Crippen LogP contribution is -2.48. The number of nitrogens with zero attached hydrogens (tertiary/aromatic N) is 1. The molecule has 0 heterocycles. The number of hydrogen-bond acceptors (Lipinski definition) is 3. The van der Waals surface area contributed by atoms with Gasteiger partial charge in [0.25, 0.3) is 0 Å². The Bertz CT molecular complexity index is 308. The molecule has 0 aromatic carbocycles. The van der Waals surface area contributed by atoms with E-state index in [4.69, 9.17) is 5.73 Å². The summed E-state index contributed by atoms with van der Waals surface area (Å²) in [6.45, 7) is 6.64. The third-order valence-corrected chi connectivity index (χ3v) is 2.90. The van der Waals surface area contributed by atoms with Crippen LogP contribution in [0.25, 0.3) is 0 Å². The zero-order valence-electron chi connectivity index (χ0n) is 11.4. The van der Waals surface area contributed by atoms with E-state index in [9.17, 15) is 9.59 Å². The second-order valence-electron chi connectivity index (χ2n) is 4.26. The molecular weight excluding hydrogens is 250 g/mol. The van der Waals surface area contributed by atoms with Crippen LogP contribution in [-0.2, 0) is 9.59 Å². The fraction of sp³-hybridized carbons (Fsp3) is 0.750. The maximum absolute atomic E-state index is 12.0. The summed E-state index contributed by atoms with van der Waals surface area (Å²) >= 11 is 4.65. The largest absolute Gasteiger partial charge is 0.392 e. The van der Waals surface area contributed by atoms with Crippen LogP contribution in [-0.4, -0.2) is 40.8 Å². The molecule has 1 atom stereocenters. The van der Waals surface area contributed by atoms with Gasteiger partial charge in [0, 0.05) is 12.6 Å². The van der Waals surface area contributed by atoms with Gasteiger partial charge in [-0.1, -0.05) is 32.5 Å².